The molecule has 108 valence electrons. The largest absolute Gasteiger partial charge is 0.322 e. The van der Waals surface area contributed by atoms with Crippen LogP contribution in [-0.2, 0) is 6.54 Å². The van der Waals surface area contributed by atoms with E-state index in [4.69, 9.17) is 0 Å². The van der Waals surface area contributed by atoms with Gasteiger partial charge in [-0.2, -0.15) is 0 Å². The summed E-state index contributed by atoms with van der Waals surface area (Å²) < 4.78 is 13.6. The second-order valence-electron chi connectivity index (χ2n) is 5.25. The number of hydrogen-bond acceptors (Lipinski definition) is 1. The third-order valence-corrected chi connectivity index (χ3v) is 3.56. The van der Waals surface area contributed by atoms with Crippen LogP contribution in [0.25, 0.3) is 0 Å². The van der Waals surface area contributed by atoms with Crippen LogP contribution in [0.15, 0.2) is 54.6 Å². The summed E-state index contributed by atoms with van der Waals surface area (Å²) in [6.07, 6.45) is 2.02. The summed E-state index contributed by atoms with van der Waals surface area (Å²) in [6.45, 7) is 0.547. The molecule has 3 nitrogen and oxygen atoms in total. The number of para-hydroxylation sites is 1. The van der Waals surface area contributed by atoms with Crippen molar-refractivity contribution >= 4 is 11.7 Å². The molecule has 21 heavy (non-hydrogen) atoms. The van der Waals surface area contributed by atoms with E-state index >= 15 is 0 Å². The summed E-state index contributed by atoms with van der Waals surface area (Å²) in [5.74, 6) is -0.415. The SMILES string of the molecule is O=C(Nc1ccccc1F)N(Cc1ccccc1)C1CC1. The highest BCUT2D eigenvalue weighted by Crippen LogP contribution is 2.29. The fraction of sp³-hybridized carbons (Fsp3) is 0.235. The highest BCUT2D eigenvalue weighted by molar-refractivity contribution is 5.89. The summed E-state index contributed by atoms with van der Waals surface area (Å²) in [5.41, 5.74) is 1.30. The first-order valence-electron chi connectivity index (χ1n) is 7.10. The molecule has 0 unspecified atom stereocenters. The van der Waals surface area contributed by atoms with Crippen LogP contribution >= 0.6 is 0 Å². The Kier molecular flexibility index (Phi) is 3.86. The number of rotatable bonds is 4. The molecule has 0 aliphatic heterocycles. The molecule has 0 atom stereocenters. The maximum Gasteiger partial charge on any atom is 0.322 e. The number of halogens is 1. The van der Waals surface area contributed by atoms with E-state index in [-0.39, 0.29) is 17.8 Å². The zero-order valence-electron chi connectivity index (χ0n) is 11.6. The number of anilines is 1. The summed E-state index contributed by atoms with van der Waals surface area (Å²) in [5, 5.41) is 2.66. The van der Waals surface area contributed by atoms with Crippen molar-refractivity contribution in [3.8, 4) is 0 Å². The Balaban J connectivity index is 1.72. The Morgan fingerprint density at radius 2 is 1.76 bits per heavy atom. The Morgan fingerprint density at radius 1 is 1.10 bits per heavy atom. The highest BCUT2D eigenvalue weighted by atomic mass is 19.1. The molecule has 0 spiro atoms. The number of hydrogen-bond donors (Lipinski definition) is 1. The summed E-state index contributed by atoms with van der Waals surface area (Å²) >= 11 is 0. The van der Waals surface area contributed by atoms with Gasteiger partial charge in [0.2, 0.25) is 0 Å². The van der Waals surface area contributed by atoms with Gasteiger partial charge in [-0.25, -0.2) is 9.18 Å². The number of benzene rings is 2. The lowest BCUT2D eigenvalue weighted by atomic mass is 10.2. The van der Waals surface area contributed by atoms with Crippen molar-refractivity contribution < 1.29 is 9.18 Å². The predicted molar refractivity (Wildman–Crippen MR) is 80.4 cm³/mol. The van der Waals surface area contributed by atoms with Gasteiger partial charge in [-0.1, -0.05) is 42.5 Å². The van der Waals surface area contributed by atoms with Gasteiger partial charge in [0.15, 0.2) is 0 Å². The smallest absolute Gasteiger partial charge is 0.317 e. The molecule has 0 saturated heterocycles. The van der Waals surface area contributed by atoms with Gasteiger partial charge in [0.05, 0.1) is 5.69 Å². The van der Waals surface area contributed by atoms with E-state index in [1.54, 1.807) is 23.1 Å². The van der Waals surface area contributed by atoms with Crippen LogP contribution in [0.1, 0.15) is 18.4 Å². The molecule has 0 aromatic heterocycles. The standard InChI is InChI=1S/C17H17FN2O/c18-15-8-4-5-9-16(15)19-17(21)20(14-10-11-14)12-13-6-2-1-3-7-13/h1-9,14H,10-12H2,(H,19,21). The number of amides is 2. The average Bonchev–Trinajstić information content (AvgIpc) is 3.33. The van der Waals surface area contributed by atoms with Crippen molar-refractivity contribution in [2.24, 2.45) is 0 Å². The molecule has 2 aromatic carbocycles. The van der Waals surface area contributed by atoms with Gasteiger partial charge in [0.25, 0.3) is 0 Å². The predicted octanol–water partition coefficient (Wildman–Crippen LogP) is 4.02. The first-order chi connectivity index (χ1) is 10.2. The molecule has 3 rings (SSSR count). The zero-order valence-corrected chi connectivity index (χ0v) is 11.6. The topological polar surface area (TPSA) is 32.3 Å². The molecule has 1 saturated carbocycles. The molecule has 0 heterocycles. The van der Waals surface area contributed by atoms with Crippen molar-refractivity contribution in [1.29, 1.82) is 0 Å². The van der Waals surface area contributed by atoms with E-state index in [0.29, 0.717) is 6.54 Å². The van der Waals surface area contributed by atoms with E-state index in [2.05, 4.69) is 5.32 Å². The van der Waals surface area contributed by atoms with Gasteiger partial charge in [-0.15, -0.1) is 0 Å². The summed E-state index contributed by atoms with van der Waals surface area (Å²) in [4.78, 5) is 14.2. The third kappa shape index (κ3) is 3.40. The van der Waals surface area contributed by atoms with E-state index in [9.17, 15) is 9.18 Å². The van der Waals surface area contributed by atoms with Crippen LogP contribution in [0.2, 0.25) is 0 Å². The van der Waals surface area contributed by atoms with Crippen LogP contribution in [0.5, 0.6) is 0 Å². The molecule has 0 bridgehead atoms. The minimum Gasteiger partial charge on any atom is -0.317 e. The molecular formula is C17H17FN2O. The van der Waals surface area contributed by atoms with Crippen molar-refractivity contribution in [3.05, 3.63) is 66.0 Å². The fourth-order valence-corrected chi connectivity index (χ4v) is 2.28. The number of nitrogens with one attached hydrogen (secondary N) is 1. The van der Waals surface area contributed by atoms with Gasteiger partial charge in [0.1, 0.15) is 5.82 Å². The fourth-order valence-electron chi connectivity index (χ4n) is 2.28. The normalized spacial score (nSPS) is 13.8. The van der Waals surface area contributed by atoms with Gasteiger partial charge in [-0.3, -0.25) is 0 Å². The van der Waals surface area contributed by atoms with Crippen LogP contribution in [0.3, 0.4) is 0 Å². The molecule has 1 N–H and O–H groups in total. The quantitative estimate of drug-likeness (QED) is 0.903. The molecule has 0 radical (unpaired) electrons. The first-order valence-corrected chi connectivity index (χ1v) is 7.10. The van der Waals surface area contributed by atoms with E-state index < -0.39 is 5.82 Å². The van der Waals surface area contributed by atoms with E-state index in [1.165, 1.54) is 6.07 Å². The Labute approximate surface area is 123 Å². The molecular weight excluding hydrogens is 267 g/mol. The van der Waals surface area contributed by atoms with Gasteiger partial charge in [-0.05, 0) is 30.5 Å². The molecule has 1 aliphatic rings. The molecule has 2 aromatic rings. The third-order valence-electron chi connectivity index (χ3n) is 3.56. The average molecular weight is 284 g/mol. The molecule has 1 fully saturated rings. The number of carbonyl (C=O) groups is 1. The maximum atomic E-state index is 13.6. The lowest BCUT2D eigenvalue weighted by molar-refractivity contribution is 0.206. The van der Waals surface area contributed by atoms with Crippen molar-refractivity contribution in [1.82, 2.24) is 4.90 Å². The monoisotopic (exact) mass is 284 g/mol. The minimum atomic E-state index is -0.415. The van der Waals surface area contributed by atoms with E-state index in [1.807, 2.05) is 30.3 Å². The lowest BCUT2D eigenvalue weighted by Crippen LogP contribution is -2.36. The summed E-state index contributed by atoms with van der Waals surface area (Å²) in [6, 6.07) is 16.1. The van der Waals surface area contributed by atoms with Gasteiger partial charge in [0, 0.05) is 12.6 Å². The minimum absolute atomic E-state index is 0.223. The molecule has 4 heteroatoms. The van der Waals surface area contributed by atoms with Crippen molar-refractivity contribution in [3.63, 3.8) is 0 Å². The van der Waals surface area contributed by atoms with Crippen LogP contribution in [-0.4, -0.2) is 17.0 Å². The number of nitrogens with zero attached hydrogens (tertiary/aromatic N) is 1. The van der Waals surface area contributed by atoms with Crippen LogP contribution in [0.4, 0.5) is 14.9 Å². The Morgan fingerprint density at radius 3 is 2.43 bits per heavy atom. The van der Waals surface area contributed by atoms with Gasteiger partial charge < -0.3 is 10.2 Å². The first kappa shape index (κ1) is 13.6. The molecule has 2 amide bonds. The van der Waals surface area contributed by atoms with Crippen molar-refractivity contribution in [2.45, 2.75) is 25.4 Å². The molecule has 1 aliphatic carbocycles. The lowest BCUT2D eigenvalue weighted by Gasteiger charge is -2.23. The second kappa shape index (κ2) is 5.95. The van der Waals surface area contributed by atoms with E-state index in [0.717, 1.165) is 18.4 Å². The second-order valence-corrected chi connectivity index (χ2v) is 5.25. The number of carbonyl (C=O) groups excluding carboxylic acids is 1. The number of urea groups is 1. The van der Waals surface area contributed by atoms with Crippen LogP contribution in [0, 0.1) is 5.82 Å². The Bertz CT molecular complexity index is 626. The Hall–Kier alpha value is -2.36. The highest BCUT2D eigenvalue weighted by Gasteiger charge is 2.32. The zero-order chi connectivity index (χ0) is 14.7. The summed E-state index contributed by atoms with van der Waals surface area (Å²) in [7, 11) is 0. The van der Waals surface area contributed by atoms with Crippen LogP contribution < -0.4 is 5.32 Å². The van der Waals surface area contributed by atoms with Gasteiger partial charge >= 0.3 is 6.03 Å². The maximum absolute atomic E-state index is 13.6. The van der Waals surface area contributed by atoms with Crippen molar-refractivity contribution in [2.75, 3.05) is 5.32 Å².